The number of nitrogens with one attached hydrogen (secondary N) is 1. The standard InChI is InChI=1S/C32H32BrNO/c1-5-20(2)15-23-11-12-24(17-27(23)33)31-30-26(18-32(3,4)19-29(30)35)25-16-22(13-14-28(25)34-31)21-9-7-6-8-10-21/h6-17,31,34H,5,18-19H2,1-4H3/b20-15+. The highest BCUT2D eigenvalue weighted by Gasteiger charge is 2.40. The fraction of sp³-hybridized carbons (Fsp3) is 0.281. The van der Waals surface area contributed by atoms with Crippen LogP contribution in [0, 0.1) is 5.41 Å². The van der Waals surface area contributed by atoms with Gasteiger partial charge in [-0.2, -0.15) is 0 Å². The molecule has 35 heavy (non-hydrogen) atoms. The average molecular weight is 527 g/mol. The number of hydrogen-bond donors (Lipinski definition) is 1. The van der Waals surface area contributed by atoms with Crippen LogP contribution in [-0.2, 0) is 4.79 Å². The van der Waals surface area contributed by atoms with E-state index in [2.05, 4.69) is 116 Å². The molecule has 1 aliphatic heterocycles. The van der Waals surface area contributed by atoms with Gasteiger partial charge in [0, 0.05) is 27.7 Å². The molecule has 3 heteroatoms. The Bertz CT molecular complexity index is 1360. The molecule has 1 N–H and O–H groups in total. The summed E-state index contributed by atoms with van der Waals surface area (Å²) in [6.45, 7) is 8.74. The maximum absolute atomic E-state index is 13.6. The third kappa shape index (κ3) is 4.67. The Labute approximate surface area is 217 Å². The Kier molecular flexibility index (Phi) is 6.31. The van der Waals surface area contributed by atoms with E-state index in [4.69, 9.17) is 0 Å². The van der Waals surface area contributed by atoms with Crippen molar-refractivity contribution in [3.05, 3.63) is 99.0 Å². The fourth-order valence-corrected chi connectivity index (χ4v) is 5.84. The zero-order valence-corrected chi connectivity index (χ0v) is 22.5. The first-order valence-electron chi connectivity index (χ1n) is 12.4. The number of rotatable bonds is 4. The Balaban J connectivity index is 1.63. The number of ketones is 1. The van der Waals surface area contributed by atoms with Gasteiger partial charge >= 0.3 is 0 Å². The van der Waals surface area contributed by atoms with Gasteiger partial charge in [-0.15, -0.1) is 0 Å². The van der Waals surface area contributed by atoms with Crippen molar-refractivity contribution in [3.8, 4) is 11.1 Å². The van der Waals surface area contributed by atoms with Gasteiger partial charge in [0.1, 0.15) is 0 Å². The summed E-state index contributed by atoms with van der Waals surface area (Å²) in [5.74, 6) is 0.256. The second-order valence-electron chi connectivity index (χ2n) is 10.7. The van der Waals surface area contributed by atoms with Gasteiger partial charge in [0.25, 0.3) is 0 Å². The van der Waals surface area contributed by atoms with E-state index in [0.29, 0.717) is 6.42 Å². The number of anilines is 1. The number of halogens is 1. The summed E-state index contributed by atoms with van der Waals surface area (Å²) in [4.78, 5) is 13.6. The average Bonchev–Trinajstić information content (AvgIpc) is 2.84. The molecule has 1 unspecified atom stereocenters. The van der Waals surface area contributed by atoms with E-state index in [0.717, 1.165) is 39.7 Å². The molecular weight excluding hydrogens is 494 g/mol. The number of Topliss-reactive ketones (excluding diaryl/α,β-unsaturated/α-hetero) is 1. The van der Waals surface area contributed by atoms with Crippen LogP contribution < -0.4 is 5.32 Å². The largest absolute Gasteiger partial charge is 0.374 e. The van der Waals surface area contributed by atoms with Crippen molar-refractivity contribution in [1.29, 1.82) is 0 Å². The first kappa shape index (κ1) is 23.8. The van der Waals surface area contributed by atoms with Crippen molar-refractivity contribution in [3.63, 3.8) is 0 Å². The lowest BCUT2D eigenvalue weighted by Crippen LogP contribution is -2.33. The second-order valence-corrected chi connectivity index (χ2v) is 11.5. The summed E-state index contributed by atoms with van der Waals surface area (Å²) in [7, 11) is 0. The van der Waals surface area contributed by atoms with Gasteiger partial charge in [-0.25, -0.2) is 0 Å². The van der Waals surface area contributed by atoms with E-state index in [9.17, 15) is 4.79 Å². The van der Waals surface area contributed by atoms with E-state index in [1.54, 1.807) is 0 Å². The second kappa shape index (κ2) is 9.28. The molecule has 0 amide bonds. The lowest BCUT2D eigenvalue weighted by molar-refractivity contribution is -0.118. The molecule has 1 aliphatic carbocycles. The molecule has 0 saturated carbocycles. The Morgan fingerprint density at radius 2 is 1.80 bits per heavy atom. The van der Waals surface area contributed by atoms with Crippen LogP contribution in [0.15, 0.2) is 82.3 Å². The van der Waals surface area contributed by atoms with Crippen LogP contribution >= 0.6 is 15.9 Å². The van der Waals surface area contributed by atoms with Gasteiger partial charge in [-0.1, -0.05) is 96.9 Å². The molecule has 0 aromatic heterocycles. The molecule has 3 aromatic carbocycles. The SMILES string of the molecule is CC/C(C)=C/c1ccc(C2Nc3ccc(-c4ccccc4)cc3C3=C2C(=O)CC(C)(C)C3)cc1Br. The summed E-state index contributed by atoms with van der Waals surface area (Å²) >= 11 is 3.79. The van der Waals surface area contributed by atoms with Gasteiger partial charge in [0.15, 0.2) is 5.78 Å². The number of benzene rings is 3. The summed E-state index contributed by atoms with van der Waals surface area (Å²) in [6.07, 6.45) is 4.73. The molecule has 1 heterocycles. The monoisotopic (exact) mass is 525 g/mol. The maximum Gasteiger partial charge on any atom is 0.162 e. The van der Waals surface area contributed by atoms with Gasteiger partial charge in [-0.3, -0.25) is 4.79 Å². The first-order valence-corrected chi connectivity index (χ1v) is 13.2. The fourth-order valence-electron chi connectivity index (χ4n) is 5.33. The predicted octanol–water partition coefficient (Wildman–Crippen LogP) is 9.24. The molecule has 0 spiro atoms. The van der Waals surface area contributed by atoms with Crippen LogP contribution in [0.1, 0.15) is 69.7 Å². The van der Waals surface area contributed by atoms with Gasteiger partial charge in [0.05, 0.1) is 6.04 Å². The highest BCUT2D eigenvalue weighted by molar-refractivity contribution is 9.10. The smallest absolute Gasteiger partial charge is 0.162 e. The quantitative estimate of drug-likeness (QED) is 0.367. The van der Waals surface area contributed by atoms with Crippen LogP contribution in [0.25, 0.3) is 22.8 Å². The van der Waals surface area contributed by atoms with Crippen LogP contribution in [-0.4, -0.2) is 5.78 Å². The molecular formula is C32H32BrNO. The number of fused-ring (bicyclic) bond motifs is 2. The topological polar surface area (TPSA) is 29.1 Å². The number of allylic oxidation sites excluding steroid dienone is 2. The van der Waals surface area contributed by atoms with Crippen molar-refractivity contribution < 1.29 is 4.79 Å². The van der Waals surface area contributed by atoms with E-state index in [-0.39, 0.29) is 17.2 Å². The Morgan fingerprint density at radius 1 is 1.03 bits per heavy atom. The molecule has 0 fully saturated rings. The first-order chi connectivity index (χ1) is 16.8. The van der Waals surface area contributed by atoms with Crippen LogP contribution in [0.2, 0.25) is 0 Å². The minimum Gasteiger partial charge on any atom is -0.374 e. The van der Waals surface area contributed by atoms with Crippen LogP contribution in [0.4, 0.5) is 5.69 Å². The number of hydrogen-bond acceptors (Lipinski definition) is 2. The normalized spacial score (nSPS) is 19.2. The molecule has 3 aromatic rings. The summed E-state index contributed by atoms with van der Waals surface area (Å²) in [5, 5.41) is 3.73. The van der Waals surface area contributed by atoms with E-state index in [1.807, 2.05) is 6.07 Å². The van der Waals surface area contributed by atoms with Crippen LogP contribution in [0.5, 0.6) is 0 Å². The summed E-state index contributed by atoms with van der Waals surface area (Å²) < 4.78 is 1.06. The zero-order valence-electron chi connectivity index (χ0n) is 20.9. The predicted molar refractivity (Wildman–Crippen MR) is 151 cm³/mol. The number of carbonyl (C=O) groups excluding carboxylic acids is 1. The molecule has 5 rings (SSSR count). The lowest BCUT2D eigenvalue weighted by atomic mass is 9.68. The molecule has 178 valence electrons. The molecule has 2 aliphatic rings. The minimum absolute atomic E-state index is 0.0508. The highest BCUT2D eigenvalue weighted by atomic mass is 79.9. The summed E-state index contributed by atoms with van der Waals surface area (Å²) in [5.41, 5.74) is 10.3. The van der Waals surface area contributed by atoms with Crippen molar-refractivity contribution in [1.82, 2.24) is 0 Å². The lowest BCUT2D eigenvalue weighted by Gasteiger charge is -2.40. The Morgan fingerprint density at radius 3 is 2.51 bits per heavy atom. The van der Waals surface area contributed by atoms with E-state index in [1.165, 1.54) is 27.8 Å². The minimum atomic E-state index is -0.148. The van der Waals surface area contributed by atoms with Gasteiger partial charge in [0.2, 0.25) is 0 Å². The van der Waals surface area contributed by atoms with E-state index < -0.39 is 0 Å². The Hall–Kier alpha value is -2.91. The maximum atomic E-state index is 13.6. The molecule has 0 saturated heterocycles. The van der Waals surface area contributed by atoms with Gasteiger partial charge < -0.3 is 5.32 Å². The third-order valence-electron chi connectivity index (χ3n) is 7.28. The van der Waals surface area contributed by atoms with E-state index >= 15 is 0 Å². The van der Waals surface area contributed by atoms with Crippen molar-refractivity contribution in [2.75, 3.05) is 5.32 Å². The third-order valence-corrected chi connectivity index (χ3v) is 7.96. The van der Waals surface area contributed by atoms with Crippen molar-refractivity contribution in [2.45, 2.75) is 53.0 Å². The van der Waals surface area contributed by atoms with Crippen LogP contribution in [0.3, 0.4) is 0 Å². The zero-order chi connectivity index (χ0) is 24.7. The highest BCUT2D eigenvalue weighted by Crippen LogP contribution is 2.51. The number of carbonyl (C=O) groups is 1. The summed E-state index contributed by atoms with van der Waals surface area (Å²) in [6, 6.07) is 23.4. The van der Waals surface area contributed by atoms with Gasteiger partial charge in [-0.05, 0) is 71.2 Å². The molecule has 0 bridgehead atoms. The molecule has 2 nitrogen and oxygen atoms in total. The molecule has 0 radical (unpaired) electrons. The molecule has 1 atom stereocenters. The van der Waals surface area contributed by atoms with Crippen molar-refractivity contribution in [2.24, 2.45) is 5.41 Å². The van der Waals surface area contributed by atoms with Crippen molar-refractivity contribution >= 4 is 39.0 Å².